The third kappa shape index (κ3) is 4.84. The Morgan fingerprint density at radius 3 is 2.38 bits per heavy atom. The van der Waals surface area contributed by atoms with Crippen molar-refractivity contribution in [2.75, 3.05) is 5.73 Å². The standard InChI is InChI=1S/C26H19F3N8O.C2H6/c1-14(2)37-25(38)36(19-9-7-16(12-30)8-10-19)22(33-37)20-13-35-23(32-24(31)34-35)21(15(20)3)17-5-4-6-18(11-17)26(27,28)29;1-2/h4-11,13H,1H2,2-3H3,(H2,31,34);1-2H3. The van der Waals surface area contributed by atoms with Gasteiger partial charge in [-0.1, -0.05) is 32.6 Å². The lowest BCUT2D eigenvalue weighted by Gasteiger charge is -2.15. The highest BCUT2D eigenvalue weighted by Crippen LogP contribution is 2.37. The van der Waals surface area contributed by atoms with Gasteiger partial charge >= 0.3 is 11.9 Å². The van der Waals surface area contributed by atoms with Gasteiger partial charge in [-0.05, 0) is 61.4 Å². The Morgan fingerprint density at radius 1 is 1.10 bits per heavy atom. The summed E-state index contributed by atoms with van der Waals surface area (Å²) in [5.41, 5.74) is 7.42. The first-order chi connectivity index (χ1) is 19.0. The maximum Gasteiger partial charge on any atom is 0.416 e. The quantitative estimate of drug-likeness (QED) is 0.308. The van der Waals surface area contributed by atoms with Gasteiger partial charge in [0.2, 0.25) is 5.95 Å². The van der Waals surface area contributed by atoms with Crippen LogP contribution in [0.15, 0.2) is 66.1 Å². The highest BCUT2D eigenvalue weighted by Gasteiger charge is 2.31. The molecule has 12 heteroatoms. The molecule has 3 aromatic heterocycles. The largest absolute Gasteiger partial charge is 0.416 e. The van der Waals surface area contributed by atoms with E-state index in [2.05, 4.69) is 21.8 Å². The van der Waals surface area contributed by atoms with Crippen LogP contribution in [0.5, 0.6) is 0 Å². The van der Waals surface area contributed by atoms with Gasteiger partial charge in [0.05, 0.1) is 22.9 Å². The minimum atomic E-state index is -4.55. The van der Waals surface area contributed by atoms with Gasteiger partial charge in [-0.25, -0.2) is 13.9 Å². The number of benzene rings is 2. The van der Waals surface area contributed by atoms with Gasteiger partial charge < -0.3 is 5.73 Å². The van der Waals surface area contributed by atoms with Gasteiger partial charge in [-0.2, -0.15) is 28.1 Å². The minimum absolute atomic E-state index is 0.0771. The third-order valence-electron chi connectivity index (χ3n) is 6.02. The van der Waals surface area contributed by atoms with E-state index in [4.69, 9.17) is 11.0 Å². The molecule has 0 spiro atoms. The summed E-state index contributed by atoms with van der Waals surface area (Å²) in [6.07, 6.45) is -2.99. The first-order valence-electron chi connectivity index (χ1n) is 12.2. The molecule has 2 N–H and O–H groups in total. The minimum Gasteiger partial charge on any atom is -0.366 e. The summed E-state index contributed by atoms with van der Waals surface area (Å²) >= 11 is 0. The molecule has 204 valence electrons. The maximum atomic E-state index is 13.5. The normalized spacial score (nSPS) is 11.2. The molecule has 5 aromatic rings. The van der Waals surface area contributed by atoms with Crippen molar-refractivity contribution in [2.45, 2.75) is 33.9 Å². The summed E-state index contributed by atoms with van der Waals surface area (Å²) in [4.78, 5) is 17.6. The number of hydrogen-bond acceptors (Lipinski definition) is 6. The third-order valence-corrected chi connectivity index (χ3v) is 6.02. The van der Waals surface area contributed by atoms with Crippen molar-refractivity contribution in [1.82, 2.24) is 28.9 Å². The van der Waals surface area contributed by atoms with Crippen molar-refractivity contribution in [2.24, 2.45) is 0 Å². The Labute approximate surface area is 227 Å². The molecule has 0 aliphatic rings. The Balaban J connectivity index is 0.00000181. The predicted octanol–water partition coefficient (Wildman–Crippen LogP) is 5.71. The number of anilines is 1. The molecule has 0 unspecified atom stereocenters. The fraction of sp³-hybridized carbons (Fsp3) is 0.179. The van der Waals surface area contributed by atoms with Crippen LogP contribution in [0.4, 0.5) is 19.1 Å². The van der Waals surface area contributed by atoms with Crippen LogP contribution in [-0.2, 0) is 6.18 Å². The summed E-state index contributed by atoms with van der Waals surface area (Å²) in [6, 6.07) is 13.2. The van der Waals surface area contributed by atoms with E-state index in [-0.39, 0.29) is 23.0 Å². The summed E-state index contributed by atoms with van der Waals surface area (Å²) in [7, 11) is 0. The summed E-state index contributed by atoms with van der Waals surface area (Å²) < 4.78 is 44.4. The Bertz CT molecular complexity index is 1840. The van der Waals surface area contributed by atoms with Crippen LogP contribution in [0.25, 0.3) is 39.5 Å². The van der Waals surface area contributed by atoms with E-state index in [1.165, 1.54) is 21.2 Å². The second-order valence-electron chi connectivity index (χ2n) is 8.61. The number of nitrogen functional groups attached to an aromatic ring is 1. The second kappa shape index (κ2) is 10.5. The summed E-state index contributed by atoms with van der Waals surface area (Å²) in [6.45, 7) is 11.1. The molecule has 5 rings (SSSR count). The van der Waals surface area contributed by atoms with Crippen LogP contribution in [-0.4, -0.2) is 28.9 Å². The molecule has 0 radical (unpaired) electrons. The van der Waals surface area contributed by atoms with Crippen LogP contribution in [0.3, 0.4) is 0 Å². The van der Waals surface area contributed by atoms with Gasteiger partial charge in [-0.3, -0.25) is 0 Å². The number of allylic oxidation sites excluding steroid dienone is 1. The molecule has 0 saturated heterocycles. The van der Waals surface area contributed by atoms with Crippen LogP contribution >= 0.6 is 0 Å². The van der Waals surface area contributed by atoms with E-state index in [1.807, 2.05) is 19.9 Å². The first-order valence-corrected chi connectivity index (χ1v) is 12.2. The molecule has 0 aliphatic heterocycles. The summed E-state index contributed by atoms with van der Waals surface area (Å²) in [5, 5.41) is 17.8. The second-order valence-corrected chi connectivity index (χ2v) is 8.61. The van der Waals surface area contributed by atoms with Gasteiger partial charge in [0.15, 0.2) is 11.5 Å². The Hall–Kier alpha value is -5.18. The molecule has 0 atom stereocenters. The predicted molar refractivity (Wildman–Crippen MR) is 146 cm³/mol. The van der Waals surface area contributed by atoms with Crippen LogP contribution in [0.1, 0.15) is 37.5 Å². The van der Waals surface area contributed by atoms with Crippen molar-refractivity contribution < 1.29 is 13.2 Å². The van der Waals surface area contributed by atoms with E-state index in [1.54, 1.807) is 44.3 Å². The highest BCUT2D eigenvalue weighted by molar-refractivity contribution is 5.86. The van der Waals surface area contributed by atoms with Crippen molar-refractivity contribution in [3.8, 4) is 34.3 Å². The molecule has 9 nitrogen and oxygen atoms in total. The number of nitrogens with zero attached hydrogens (tertiary/aromatic N) is 7. The SMILES string of the molecule is C=C(C)n1nc(-c2cn3nc(N)nc3c(-c3cccc(C(F)(F)F)c3)c2C)n(-c2ccc(C#N)cc2)c1=O.CC. The highest BCUT2D eigenvalue weighted by atomic mass is 19.4. The average Bonchev–Trinajstić information content (AvgIpc) is 3.47. The number of hydrogen-bond donors (Lipinski definition) is 1. The fourth-order valence-corrected chi connectivity index (χ4v) is 4.25. The monoisotopic (exact) mass is 546 g/mol. The smallest absolute Gasteiger partial charge is 0.366 e. The zero-order valence-electron chi connectivity index (χ0n) is 22.2. The Kier molecular flexibility index (Phi) is 7.33. The van der Waals surface area contributed by atoms with E-state index >= 15 is 0 Å². The van der Waals surface area contributed by atoms with E-state index in [9.17, 15) is 18.0 Å². The molecule has 0 aliphatic carbocycles. The molecule has 0 fully saturated rings. The van der Waals surface area contributed by atoms with Crippen LogP contribution in [0.2, 0.25) is 0 Å². The van der Waals surface area contributed by atoms with Gasteiger partial charge in [0.25, 0.3) is 0 Å². The maximum absolute atomic E-state index is 13.5. The van der Waals surface area contributed by atoms with Crippen LogP contribution in [0, 0.1) is 18.3 Å². The van der Waals surface area contributed by atoms with Crippen LogP contribution < -0.4 is 11.4 Å². The van der Waals surface area contributed by atoms with Crippen molar-refractivity contribution >= 4 is 17.3 Å². The number of fused-ring (bicyclic) bond motifs is 1. The van der Waals surface area contributed by atoms with E-state index in [0.29, 0.717) is 33.6 Å². The molecule has 0 amide bonds. The number of nitrogens with two attached hydrogens (primary N) is 1. The number of rotatable bonds is 4. The number of aromatic nitrogens is 6. The van der Waals surface area contributed by atoms with Crippen molar-refractivity contribution in [3.63, 3.8) is 0 Å². The van der Waals surface area contributed by atoms with Gasteiger partial charge in [-0.15, -0.1) is 10.2 Å². The van der Waals surface area contributed by atoms with Crippen molar-refractivity contribution in [3.05, 3.63) is 88.5 Å². The first kappa shape index (κ1) is 27.8. The molecule has 0 bridgehead atoms. The van der Waals surface area contributed by atoms with E-state index < -0.39 is 17.4 Å². The molecule has 0 saturated carbocycles. The average molecular weight is 547 g/mol. The number of halogens is 3. The molecular weight excluding hydrogens is 521 g/mol. The summed E-state index contributed by atoms with van der Waals surface area (Å²) in [5.74, 6) is 0.108. The topological polar surface area (TPSA) is 120 Å². The lowest BCUT2D eigenvalue weighted by atomic mass is 9.96. The zero-order chi connectivity index (χ0) is 29.4. The number of pyridine rings is 1. The number of alkyl halides is 3. The molecule has 40 heavy (non-hydrogen) atoms. The number of nitriles is 1. The lowest BCUT2D eigenvalue weighted by molar-refractivity contribution is -0.137. The Morgan fingerprint density at radius 2 is 1.77 bits per heavy atom. The molecular formula is C28H25F3N8O. The molecule has 3 heterocycles. The lowest BCUT2D eigenvalue weighted by Crippen LogP contribution is -2.22. The zero-order valence-corrected chi connectivity index (χ0v) is 22.2. The molecule has 2 aromatic carbocycles. The van der Waals surface area contributed by atoms with Gasteiger partial charge in [0, 0.05) is 23.0 Å². The van der Waals surface area contributed by atoms with E-state index in [0.717, 1.165) is 16.8 Å². The van der Waals surface area contributed by atoms with Gasteiger partial charge in [0.1, 0.15) is 0 Å². The van der Waals surface area contributed by atoms with Crippen molar-refractivity contribution in [1.29, 1.82) is 5.26 Å². The fourth-order valence-electron chi connectivity index (χ4n) is 4.25.